The topological polar surface area (TPSA) is 82.2 Å². The molecule has 2 aromatic carbocycles. The van der Waals surface area contributed by atoms with Gasteiger partial charge in [-0.3, -0.25) is 4.79 Å². The SMILES string of the molecule is COc1cc(CCNC(=O)[C@@H](N)Cc2cn(Cc3ccccc3)cn2)ccc1C. The minimum absolute atomic E-state index is 0.165. The molecule has 3 aromatic rings. The number of nitrogens with two attached hydrogens (primary N) is 1. The molecule has 0 bridgehead atoms. The molecule has 0 aliphatic carbocycles. The summed E-state index contributed by atoms with van der Waals surface area (Å²) in [6.45, 7) is 3.28. The molecule has 0 unspecified atom stereocenters. The third kappa shape index (κ3) is 5.93. The predicted octanol–water partition coefficient (Wildman–Crippen LogP) is 2.48. The fraction of sp³-hybridized carbons (Fsp3) is 0.304. The zero-order chi connectivity index (χ0) is 20.6. The number of rotatable bonds is 9. The van der Waals surface area contributed by atoms with Crippen molar-refractivity contribution >= 4 is 5.91 Å². The number of amides is 1. The van der Waals surface area contributed by atoms with Gasteiger partial charge in [-0.15, -0.1) is 0 Å². The Morgan fingerprint density at radius 1 is 1.21 bits per heavy atom. The number of hydrogen-bond donors (Lipinski definition) is 2. The largest absolute Gasteiger partial charge is 0.496 e. The van der Waals surface area contributed by atoms with Gasteiger partial charge in [-0.25, -0.2) is 4.98 Å². The quantitative estimate of drug-likeness (QED) is 0.586. The van der Waals surface area contributed by atoms with Crippen LogP contribution in [-0.4, -0.2) is 35.2 Å². The zero-order valence-corrected chi connectivity index (χ0v) is 17.0. The highest BCUT2D eigenvalue weighted by Gasteiger charge is 2.15. The first kappa shape index (κ1) is 20.6. The summed E-state index contributed by atoms with van der Waals surface area (Å²) in [5.74, 6) is 0.693. The lowest BCUT2D eigenvalue weighted by atomic mass is 10.1. The summed E-state index contributed by atoms with van der Waals surface area (Å²) >= 11 is 0. The molecule has 1 heterocycles. The van der Waals surface area contributed by atoms with Crippen LogP contribution in [0.2, 0.25) is 0 Å². The van der Waals surface area contributed by atoms with Crippen LogP contribution < -0.4 is 15.8 Å². The minimum atomic E-state index is -0.623. The first-order chi connectivity index (χ1) is 14.0. The molecule has 1 atom stereocenters. The number of nitrogens with zero attached hydrogens (tertiary/aromatic N) is 2. The summed E-state index contributed by atoms with van der Waals surface area (Å²) in [7, 11) is 1.66. The molecule has 0 spiro atoms. The van der Waals surface area contributed by atoms with Crippen molar-refractivity contribution in [3.63, 3.8) is 0 Å². The number of ether oxygens (including phenoxy) is 1. The van der Waals surface area contributed by atoms with Crippen molar-refractivity contribution in [1.82, 2.24) is 14.9 Å². The van der Waals surface area contributed by atoms with Gasteiger partial charge in [0.15, 0.2) is 0 Å². The van der Waals surface area contributed by atoms with Crippen molar-refractivity contribution in [3.05, 3.63) is 83.4 Å². The Kier molecular flexibility index (Phi) is 7.03. The van der Waals surface area contributed by atoms with Crippen molar-refractivity contribution in [3.8, 4) is 5.75 Å². The Labute approximate surface area is 171 Å². The van der Waals surface area contributed by atoms with Crippen LogP contribution in [0.5, 0.6) is 5.75 Å². The molecule has 6 heteroatoms. The van der Waals surface area contributed by atoms with Gasteiger partial charge >= 0.3 is 0 Å². The molecule has 1 aromatic heterocycles. The Hall–Kier alpha value is -3.12. The first-order valence-corrected chi connectivity index (χ1v) is 9.76. The zero-order valence-electron chi connectivity index (χ0n) is 17.0. The molecule has 0 saturated carbocycles. The lowest BCUT2D eigenvalue weighted by Crippen LogP contribution is -2.42. The second-order valence-electron chi connectivity index (χ2n) is 7.18. The van der Waals surface area contributed by atoms with Gasteiger partial charge in [0.05, 0.1) is 25.2 Å². The molecular formula is C23H28N4O2. The van der Waals surface area contributed by atoms with Crippen LogP contribution in [0, 0.1) is 6.92 Å². The van der Waals surface area contributed by atoms with Crippen LogP contribution in [0.3, 0.4) is 0 Å². The Bertz CT molecular complexity index is 937. The normalized spacial score (nSPS) is 11.8. The van der Waals surface area contributed by atoms with E-state index >= 15 is 0 Å². The Morgan fingerprint density at radius 2 is 2.00 bits per heavy atom. The molecule has 1 amide bonds. The van der Waals surface area contributed by atoms with E-state index in [9.17, 15) is 4.79 Å². The molecule has 3 rings (SSSR count). The van der Waals surface area contributed by atoms with Gasteiger partial charge in [0.2, 0.25) is 5.91 Å². The number of imidazole rings is 1. The number of carbonyl (C=O) groups excluding carboxylic acids is 1. The van der Waals surface area contributed by atoms with E-state index in [1.807, 2.05) is 54.1 Å². The summed E-state index contributed by atoms with van der Waals surface area (Å²) in [6, 6.07) is 15.6. The van der Waals surface area contributed by atoms with Crippen LogP contribution in [0.4, 0.5) is 0 Å². The van der Waals surface area contributed by atoms with Crippen LogP contribution in [-0.2, 0) is 24.2 Å². The van der Waals surface area contributed by atoms with E-state index in [1.165, 1.54) is 5.56 Å². The summed E-state index contributed by atoms with van der Waals surface area (Å²) in [5.41, 5.74) is 10.3. The molecule has 0 saturated heterocycles. The van der Waals surface area contributed by atoms with Gasteiger partial charge in [-0.05, 0) is 36.1 Å². The number of methoxy groups -OCH3 is 1. The van der Waals surface area contributed by atoms with Gasteiger partial charge in [0, 0.05) is 25.7 Å². The van der Waals surface area contributed by atoms with Crippen molar-refractivity contribution in [1.29, 1.82) is 0 Å². The van der Waals surface area contributed by atoms with Crippen molar-refractivity contribution in [2.24, 2.45) is 5.73 Å². The van der Waals surface area contributed by atoms with E-state index < -0.39 is 6.04 Å². The van der Waals surface area contributed by atoms with E-state index in [0.29, 0.717) is 13.0 Å². The second-order valence-corrected chi connectivity index (χ2v) is 7.18. The average molecular weight is 393 g/mol. The summed E-state index contributed by atoms with van der Waals surface area (Å²) in [5, 5.41) is 2.91. The monoisotopic (exact) mass is 392 g/mol. The average Bonchev–Trinajstić information content (AvgIpc) is 3.16. The van der Waals surface area contributed by atoms with E-state index in [2.05, 4.69) is 22.4 Å². The lowest BCUT2D eigenvalue weighted by Gasteiger charge is -2.12. The summed E-state index contributed by atoms with van der Waals surface area (Å²) < 4.78 is 7.34. The Balaban J connectivity index is 1.46. The molecular weight excluding hydrogens is 364 g/mol. The molecule has 0 aliphatic heterocycles. The number of aromatic nitrogens is 2. The van der Waals surface area contributed by atoms with Gasteiger partial charge in [0.25, 0.3) is 0 Å². The van der Waals surface area contributed by atoms with Crippen LogP contribution >= 0.6 is 0 Å². The van der Waals surface area contributed by atoms with Crippen molar-refractivity contribution < 1.29 is 9.53 Å². The number of nitrogens with one attached hydrogen (secondary N) is 1. The molecule has 6 nitrogen and oxygen atoms in total. The minimum Gasteiger partial charge on any atom is -0.496 e. The lowest BCUT2D eigenvalue weighted by molar-refractivity contribution is -0.122. The second kappa shape index (κ2) is 9.89. The van der Waals surface area contributed by atoms with Crippen LogP contribution in [0.1, 0.15) is 22.4 Å². The molecule has 0 aliphatic rings. The summed E-state index contributed by atoms with van der Waals surface area (Å²) in [6.07, 6.45) is 4.85. The smallest absolute Gasteiger partial charge is 0.237 e. The van der Waals surface area contributed by atoms with Crippen molar-refractivity contribution in [2.45, 2.75) is 32.4 Å². The van der Waals surface area contributed by atoms with Gasteiger partial charge in [-0.2, -0.15) is 0 Å². The maximum Gasteiger partial charge on any atom is 0.237 e. The Morgan fingerprint density at radius 3 is 2.76 bits per heavy atom. The highest BCUT2D eigenvalue weighted by atomic mass is 16.5. The number of carbonyl (C=O) groups is 1. The van der Waals surface area contributed by atoms with Gasteiger partial charge in [-0.1, -0.05) is 42.5 Å². The molecule has 29 heavy (non-hydrogen) atoms. The number of aryl methyl sites for hydroxylation is 1. The van der Waals surface area contributed by atoms with E-state index in [4.69, 9.17) is 10.5 Å². The fourth-order valence-electron chi connectivity index (χ4n) is 3.19. The predicted molar refractivity (Wildman–Crippen MR) is 114 cm³/mol. The highest BCUT2D eigenvalue weighted by Crippen LogP contribution is 2.19. The van der Waals surface area contributed by atoms with Gasteiger partial charge < -0.3 is 20.4 Å². The number of hydrogen-bond acceptors (Lipinski definition) is 4. The van der Waals surface area contributed by atoms with Crippen LogP contribution in [0.25, 0.3) is 0 Å². The molecule has 152 valence electrons. The first-order valence-electron chi connectivity index (χ1n) is 9.76. The highest BCUT2D eigenvalue weighted by molar-refractivity contribution is 5.81. The van der Waals surface area contributed by atoms with Crippen LogP contribution in [0.15, 0.2) is 61.1 Å². The third-order valence-corrected chi connectivity index (χ3v) is 4.85. The standard InChI is InChI=1S/C23H28N4O2/c1-17-8-9-18(12-22(17)29-2)10-11-25-23(28)21(24)13-20-15-27(16-26-20)14-19-6-4-3-5-7-19/h3-9,12,15-16,21H,10-11,13-14,24H2,1-2H3,(H,25,28)/t21-/m0/s1. The molecule has 0 fully saturated rings. The molecule has 3 N–H and O–H groups in total. The van der Waals surface area contributed by atoms with E-state index in [-0.39, 0.29) is 5.91 Å². The molecule has 0 radical (unpaired) electrons. The van der Waals surface area contributed by atoms with Crippen molar-refractivity contribution in [2.75, 3.05) is 13.7 Å². The fourth-order valence-corrected chi connectivity index (χ4v) is 3.19. The van der Waals surface area contributed by atoms with E-state index in [0.717, 1.165) is 35.5 Å². The summed E-state index contributed by atoms with van der Waals surface area (Å²) in [4.78, 5) is 16.7. The van der Waals surface area contributed by atoms with E-state index in [1.54, 1.807) is 13.4 Å². The maximum atomic E-state index is 12.3. The van der Waals surface area contributed by atoms with Gasteiger partial charge in [0.1, 0.15) is 5.75 Å². The number of benzene rings is 2. The maximum absolute atomic E-state index is 12.3. The third-order valence-electron chi connectivity index (χ3n) is 4.85.